The van der Waals surface area contributed by atoms with Crippen LogP contribution >= 0.6 is 0 Å². The first kappa shape index (κ1) is 9.97. The maximum Gasteiger partial charge on any atom is -0.000447 e. The van der Waals surface area contributed by atoms with Gasteiger partial charge in [0.2, 0.25) is 0 Å². The summed E-state index contributed by atoms with van der Waals surface area (Å²) in [4.78, 5) is 0. The van der Waals surface area contributed by atoms with Crippen LogP contribution in [0.15, 0.2) is 60.7 Å². The van der Waals surface area contributed by atoms with Gasteiger partial charge in [0.05, 0.1) is 0 Å². The molecule has 0 fully saturated rings. The van der Waals surface area contributed by atoms with E-state index < -0.39 is 0 Å². The summed E-state index contributed by atoms with van der Waals surface area (Å²) < 4.78 is 0. The van der Waals surface area contributed by atoms with Crippen molar-refractivity contribution in [1.29, 1.82) is 0 Å². The lowest BCUT2D eigenvalue weighted by Gasteiger charge is -2.12. The lowest BCUT2D eigenvalue weighted by atomic mass is 9.93. The molecule has 15 heavy (non-hydrogen) atoms. The van der Waals surface area contributed by atoms with Crippen molar-refractivity contribution < 1.29 is 0 Å². The molecule has 0 bridgehead atoms. The summed E-state index contributed by atoms with van der Waals surface area (Å²) in [6.07, 6.45) is 9.46. The maximum absolute atomic E-state index is 4.06. The molecule has 1 unspecified atom stereocenters. The number of fused-ring (bicyclic) bond motifs is 1. The Balaban J connectivity index is 2.47. The molecule has 1 atom stereocenters. The molecule has 0 spiro atoms. The fourth-order valence-electron chi connectivity index (χ4n) is 1.97. The summed E-state index contributed by atoms with van der Waals surface area (Å²) in [7, 11) is 0. The minimum atomic E-state index is 0.483. The van der Waals surface area contributed by atoms with E-state index in [0.29, 0.717) is 5.92 Å². The smallest absolute Gasteiger partial charge is 0.000447 e. The van der Waals surface area contributed by atoms with Crippen LogP contribution in [0.1, 0.15) is 24.0 Å². The van der Waals surface area contributed by atoms with Gasteiger partial charge in [-0.2, -0.15) is 0 Å². The zero-order chi connectivity index (χ0) is 10.7. The molecule has 0 saturated carbocycles. The van der Waals surface area contributed by atoms with E-state index >= 15 is 0 Å². The van der Waals surface area contributed by atoms with Crippen molar-refractivity contribution in [2.24, 2.45) is 0 Å². The van der Waals surface area contributed by atoms with Crippen LogP contribution < -0.4 is 0 Å². The lowest BCUT2D eigenvalue weighted by molar-refractivity contribution is 0.939. The fourth-order valence-corrected chi connectivity index (χ4v) is 1.97. The summed E-state index contributed by atoms with van der Waals surface area (Å²) in [6.45, 7) is 6.29. The van der Waals surface area contributed by atoms with E-state index in [1.807, 2.05) is 0 Å². The first-order valence-electron chi connectivity index (χ1n) is 5.38. The predicted molar refractivity (Wildman–Crippen MR) is 66.0 cm³/mol. The van der Waals surface area contributed by atoms with Gasteiger partial charge in [0.15, 0.2) is 0 Å². The standard InChI is InChI=1S/C15H16/c1-12-7-3-4-8-13(2)15-10-6-5-9-14(15)11-12/h3-10,13H,1,11H2,2H3/b7-3-,8-4-. The van der Waals surface area contributed by atoms with Gasteiger partial charge >= 0.3 is 0 Å². The molecule has 1 aliphatic rings. The summed E-state index contributed by atoms with van der Waals surface area (Å²) in [5, 5.41) is 0. The molecular formula is C15H16. The Morgan fingerprint density at radius 1 is 1.20 bits per heavy atom. The summed E-state index contributed by atoms with van der Waals surface area (Å²) in [5.41, 5.74) is 3.98. The van der Waals surface area contributed by atoms with Crippen LogP contribution in [0.3, 0.4) is 0 Å². The number of rotatable bonds is 0. The van der Waals surface area contributed by atoms with Gasteiger partial charge in [-0.15, -0.1) is 0 Å². The first-order valence-corrected chi connectivity index (χ1v) is 5.38. The highest BCUT2D eigenvalue weighted by atomic mass is 14.1. The summed E-state index contributed by atoms with van der Waals surface area (Å²) >= 11 is 0. The Bertz CT molecular complexity index is 421. The minimum absolute atomic E-state index is 0.483. The largest absolute Gasteiger partial charge is 0.0955 e. The predicted octanol–water partition coefficient (Wildman–Crippen LogP) is 4.01. The van der Waals surface area contributed by atoms with E-state index in [2.05, 4.69) is 62.1 Å². The third kappa shape index (κ3) is 2.27. The molecule has 0 aromatic heterocycles. The van der Waals surface area contributed by atoms with E-state index in [1.54, 1.807) is 0 Å². The van der Waals surface area contributed by atoms with E-state index in [9.17, 15) is 0 Å². The molecule has 0 nitrogen and oxygen atoms in total. The van der Waals surface area contributed by atoms with Gasteiger partial charge in [0.25, 0.3) is 0 Å². The average molecular weight is 196 g/mol. The molecule has 1 aliphatic carbocycles. The molecule has 0 heterocycles. The molecule has 76 valence electrons. The van der Waals surface area contributed by atoms with Gasteiger partial charge in [-0.3, -0.25) is 0 Å². The van der Waals surface area contributed by atoms with Crippen molar-refractivity contribution in [3.05, 3.63) is 71.8 Å². The Hall–Kier alpha value is -1.56. The van der Waals surface area contributed by atoms with Crippen LogP contribution in [0, 0.1) is 0 Å². The Labute approximate surface area is 91.6 Å². The highest BCUT2D eigenvalue weighted by Crippen LogP contribution is 2.24. The van der Waals surface area contributed by atoms with E-state index in [-0.39, 0.29) is 0 Å². The van der Waals surface area contributed by atoms with Crippen LogP contribution in [0.2, 0.25) is 0 Å². The number of hydrogen-bond donors (Lipinski definition) is 0. The van der Waals surface area contributed by atoms with Gasteiger partial charge in [-0.25, -0.2) is 0 Å². The first-order chi connectivity index (χ1) is 7.27. The Morgan fingerprint density at radius 3 is 2.87 bits per heavy atom. The topological polar surface area (TPSA) is 0 Å². The second-order valence-corrected chi connectivity index (χ2v) is 4.07. The van der Waals surface area contributed by atoms with E-state index in [0.717, 1.165) is 6.42 Å². The van der Waals surface area contributed by atoms with Crippen molar-refractivity contribution in [2.45, 2.75) is 19.3 Å². The van der Waals surface area contributed by atoms with Gasteiger partial charge < -0.3 is 0 Å². The zero-order valence-electron chi connectivity index (χ0n) is 9.11. The highest BCUT2D eigenvalue weighted by molar-refractivity contribution is 5.39. The zero-order valence-corrected chi connectivity index (χ0v) is 9.11. The third-order valence-corrected chi connectivity index (χ3v) is 2.81. The van der Waals surface area contributed by atoms with Crippen molar-refractivity contribution in [3.63, 3.8) is 0 Å². The average Bonchev–Trinajstić information content (AvgIpc) is 2.30. The molecule has 0 N–H and O–H groups in total. The Morgan fingerprint density at radius 2 is 2.00 bits per heavy atom. The highest BCUT2D eigenvalue weighted by Gasteiger charge is 2.08. The molecule has 0 aliphatic heterocycles. The van der Waals surface area contributed by atoms with Crippen LogP contribution in [-0.4, -0.2) is 0 Å². The minimum Gasteiger partial charge on any atom is -0.0955 e. The van der Waals surface area contributed by atoms with Crippen LogP contribution in [0.5, 0.6) is 0 Å². The maximum atomic E-state index is 4.06. The van der Waals surface area contributed by atoms with Crippen LogP contribution in [-0.2, 0) is 6.42 Å². The fraction of sp³-hybridized carbons (Fsp3) is 0.200. The number of hydrogen-bond acceptors (Lipinski definition) is 0. The summed E-state index contributed by atoms with van der Waals surface area (Å²) in [6, 6.07) is 8.62. The van der Waals surface area contributed by atoms with Crippen molar-refractivity contribution >= 4 is 0 Å². The van der Waals surface area contributed by atoms with E-state index in [4.69, 9.17) is 0 Å². The van der Waals surface area contributed by atoms with E-state index in [1.165, 1.54) is 16.7 Å². The van der Waals surface area contributed by atoms with Crippen LogP contribution in [0.25, 0.3) is 0 Å². The molecule has 0 heteroatoms. The van der Waals surface area contributed by atoms with Gasteiger partial charge in [-0.05, 0) is 23.5 Å². The van der Waals surface area contributed by atoms with Gasteiger partial charge in [-0.1, -0.05) is 67.6 Å². The monoisotopic (exact) mass is 196 g/mol. The molecule has 0 amide bonds. The molecule has 2 rings (SSSR count). The quantitative estimate of drug-likeness (QED) is 0.588. The van der Waals surface area contributed by atoms with Crippen molar-refractivity contribution in [2.75, 3.05) is 0 Å². The Kier molecular flexibility index (Phi) is 2.86. The molecule has 0 saturated heterocycles. The van der Waals surface area contributed by atoms with Crippen molar-refractivity contribution in [1.82, 2.24) is 0 Å². The molecule has 1 aromatic carbocycles. The second-order valence-electron chi connectivity index (χ2n) is 4.07. The lowest BCUT2D eigenvalue weighted by Crippen LogP contribution is -1.97. The normalized spacial score (nSPS) is 24.6. The second kappa shape index (κ2) is 4.31. The molecule has 0 radical (unpaired) electrons. The third-order valence-electron chi connectivity index (χ3n) is 2.81. The SMILES string of the molecule is C=C1/C=C\C=C/C(C)c2ccccc2C1. The molecule has 1 aromatic rings. The number of allylic oxidation sites excluding steroid dienone is 5. The van der Waals surface area contributed by atoms with Gasteiger partial charge in [0.1, 0.15) is 0 Å². The molecular weight excluding hydrogens is 180 g/mol. The van der Waals surface area contributed by atoms with Gasteiger partial charge in [0, 0.05) is 0 Å². The van der Waals surface area contributed by atoms with Crippen LogP contribution in [0.4, 0.5) is 0 Å². The van der Waals surface area contributed by atoms with Crippen molar-refractivity contribution in [3.8, 4) is 0 Å². The number of benzene rings is 1. The summed E-state index contributed by atoms with van der Waals surface area (Å²) in [5.74, 6) is 0.483.